The Morgan fingerprint density at radius 3 is 2.56 bits per heavy atom. The number of hydrogen-bond acceptors (Lipinski definition) is 3. The number of primary amides is 1. The first-order valence-electron chi connectivity index (χ1n) is 6.22. The zero-order valence-corrected chi connectivity index (χ0v) is 10.7. The van der Waals surface area contributed by atoms with E-state index in [1.165, 1.54) is 0 Å². The van der Waals surface area contributed by atoms with Crippen LogP contribution in [0.15, 0.2) is 0 Å². The SMILES string of the molecule is CCN(CC(C)C)C1CCC(N)(C(N)=O)C1. The third kappa shape index (κ3) is 2.95. The highest BCUT2D eigenvalue weighted by molar-refractivity contribution is 5.84. The Hall–Kier alpha value is -0.610. The average molecular weight is 227 g/mol. The van der Waals surface area contributed by atoms with E-state index in [9.17, 15) is 4.79 Å². The smallest absolute Gasteiger partial charge is 0.237 e. The van der Waals surface area contributed by atoms with Gasteiger partial charge in [-0.3, -0.25) is 4.79 Å². The van der Waals surface area contributed by atoms with Crippen molar-refractivity contribution in [1.82, 2.24) is 4.90 Å². The Kier molecular flexibility index (Phi) is 4.33. The van der Waals surface area contributed by atoms with Crippen molar-refractivity contribution in [3.8, 4) is 0 Å². The van der Waals surface area contributed by atoms with Crippen LogP contribution in [0.5, 0.6) is 0 Å². The molecule has 4 nitrogen and oxygen atoms in total. The molecule has 0 heterocycles. The molecular formula is C12H25N3O. The molecule has 4 heteroatoms. The monoisotopic (exact) mass is 227 g/mol. The third-order valence-corrected chi connectivity index (χ3v) is 3.54. The lowest BCUT2D eigenvalue weighted by molar-refractivity contribution is -0.123. The summed E-state index contributed by atoms with van der Waals surface area (Å²) < 4.78 is 0. The third-order valence-electron chi connectivity index (χ3n) is 3.54. The molecule has 0 bridgehead atoms. The lowest BCUT2D eigenvalue weighted by Gasteiger charge is -2.30. The van der Waals surface area contributed by atoms with Crippen molar-refractivity contribution in [3.63, 3.8) is 0 Å². The quantitative estimate of drug-likeness (QED) is 0.726. The molecule has 0 saturated heterocycles. The summed E-state index contributed by atoms with van der Waals surface area (Å²) in [5, 5.41) is 0. The van der Waals surface area contributed by atoms with Gasteiger partial charge in [0.15, 0.2) is 0 Å². The molecule has 1 fully saturated rings. The fourth-order valence-electron chi connectivity index (χ4n) is 2.59. The standard InChI is InChI=1S/C12H25N3O/c1-4-15(8-9(2)3)10-5-6-12(14,7-10)11(13)16/h9-10H,4-8,14H2,1-3H3,(H2,13,16). The minimum Gasteiger partial charge on any atom is -0.368 e. The van der Waals surface area contributed by atoms with Gasteiger partial charge in [0.2, 0.25) is 5.91 Å². The summed E-state index contributed by atoms with van der Waals surface area (Å²) in [6.45, 7) is 8.65. The molecule has 1 saturated carbocycles. The summed E-state index contributed by atoms with van der Waals surface area (Å²) >= 11 is 0. The summed E-state index contributed by atoms with van der Waals surface area (Å²) in [7, 11) is 0. The second kappa shape index (κ2) is 5.15. The van der Waals surface area contributed by atoms with Gasteiger partial charge in [0.1, 0.15) is 0 Å². The van der Waals surface area contributed by atoms with Crippen LogP contribution < -0.4 is 11.5 Å². The van der Waals surface area contributed by atoms with E-state index in [-0.39, 0.29) is 5.91 Å². The maximum Gasteiger partial charge on any atom is 0.237 e. The highest BCUT2D eigenvalue weighted by Gasteiger charge is 2.42. The summed E-state index contributed by atoms with van der Waals surface area (Å²) in [6.07, 6.45) is 2.42. The molecule has 0 aliphatic heterocycles. The predicted octanol–water partition coefficient (Wildman–Crippen LogP) is 0.700. The van der Waals surface area contributed by atoms with Gasteiger partial charge in [-0.15, -0.1) is 0 Å². The molecule has 1 rings (SSSR count). The molecule has 2 unspecified atom stereocenters. The van der Waals surface area contributed by atoms with E-state index >= 15 is 0 Å². The van der Waals surface area contributed by atoms with Gasteiger partial charge in [-0.2, -0.15) is 0 Å². The van der Waals surface area contributed by atoms with Crippen molar-refractivity contribution >= 4 is 5.91 Å². The molecule has 0 aromatic rings. The molecule has 1 aliphatic carbocycles. The van der Waals surface area contributed by atoms with Gasteiger partial charge in [-0.05, 0) is 31.7 Å². The van der Waals surface area contributed by atoms with Gasteiger partial charge in [-0.1, -0.05) is 20.8 Å². The fraction of sp³-hybridized carbons (Fsp3) is 0.917. The Morgan fingerprint density at radius 2 is 2.19 bits per heavy atom. The van der Waals surface area contributed by atoms with Crippen LogP contribution in [0.4, 0.5) is 0 Å². The number of amides is 1. The van der Waals surface area contributed by atoms with Crippen molar-refractivity contribution in [2.24, 2.45) is 17.4 Å². The van der Waals surface area contributed by atoms with Gasteiger partial charge < -0.3 is 16.4 Å². The molecule has 4 N–H and O–H groups in total. The molecule has 2 atom stereocenters. The average Bonchev–Trinajstić information content (AvgIpc) is 2.58. The van der Waals surface area contributed by atoms with Crippen LogP contribution in [0.1, 0.15) is 40.0 Å². The molecule has 94 valence electrons. The van der Waals surface area contributed by atoms with Crippen molar-refractivity contribution < 1.29 is 4.79 Å². The maximum atomic E-state index is 11.3. The molecule has 0 aromatic heterocycles. The molecular weight excluding hydrogens is 202 g/mol. The molecule has 1 aliphatic rings. The second-order valence-electron chi connectivity index (χ2n) is 5.40. The van der Waals surface area contributed by atoms with Crippen LogP contribution in [0, 0.1) is 5.92 Å². The molecule has 0 aromatic carbocycles. The number of nitrogens with two attached hydrogens (primary N) is 2. The molecule has 1 amide bonds. The maximum absolute atomic E-state index is 11.3. The zero-order valence-electron chi connectivity index (χ0n) is 10.7. The normalized spacial score (nSPS) is 30.2. The summed E-state index contributed by atoms with van der Waals surface area (Å²) in [5.74, 6) is 0.289. The minimum atomic E-state index is -0.769. The van der Waals surface area contributed by atoms with E-state index in [1.807, 2.05) is 0 Å². The topological polar surface area (TPSA) is 72.3 Å². The first-order valence-corrected chi connectivity index (χ1v) is 6.22. The van der Waals surface area contributed by atoms with Crippen molar-refractivity contribution in [1.29, 1.82) is 0 Å². The lowest BCUT2D eigenvalue weighted by atomic mass is 9.98. The van der Waals surface area contributed by atoms with Crippen molar-refractivity contribution in [2.45, 2.75) is 51.6 Å². The molecule has 0 radical (unpaired) electrons. The number of hydrogen-bond donors (Lipinski definition) is 2. The lowest BCUT2D eigenvalue weighted by Crippen LogP contribution is -2.51. The van der Waals surface area contributed by atoms with Gasteiger partial charge in [0, 0.05) is 12.6 Å². The van der Waals surface area contributed by atoms with Crippen LogP contribution in [0.25, 0.3) is 0 Å². The largest absolute Gasteiger partial charge is 0.368 e. The van der Waals surface area contributed by atoms with Crippen molar-refractivity contribution in [3.05, 3.63) is 0 Å². The highest BCUT2D eigenvalue weighted by Crippen LogP contribution is 2.31. The van der Waals surface area contributed by atoms with E-state index in [1.54, 1.807) is 0 Å². The highest BCUT2D eigenvalue weighted by atomic mass is 16.1. The van der Waals surface area contributed by atoms with E-state index in [2.05, 4.69) is 25.7 Å². The summed E-state index contributed by atoms with van der Waals surface area (Å²) in [6, 6.07) is 0.421. The van der Waals surface area contributed by atoms with Gasteiger partial charge in [0.05, 0.1) is 5.54 Å². The Morgan fingerprint density at radius 1 is 1.56 bits per heavy atom. The van der Waals surface area contributed by atoms with Crippen molar-refractivity contribution in [2.75, 3.05) is 13.1 Å². The molecule has 16 heavy (non-hydrogen) atoms. The second-order valence-corrected chi connectivity index (χ2v) is 5.40. The van der Waals surface area contributed by atoms with Gasteiger partial charge in [0.25, 0.3) is 0 Å². The Balaban J connectivity index is 2.60. The first kappa shape index (κ1) is 13.5. The van der Waals surface area contributed by atoms with Crippen LogP contribution in [-0.2, 0) is 4.79 Å². The van der Waals surface area contributed by atoms with E-state index in [0.29, 0.717) is 18.4 Å². The van der Waals surface area contributed by atoms with Gasteiger partial charge in [-0.25, -0.2) is 0 Å². The van der Waals surface area contributed by atoms with Crippen LogP contribution in [0.3, 0.4) is 0 Å². The fourth-order valence-corrected chi connectivity index (χ4v) is 2.59. The predicted molar refractivity (Wildman–Crippen MR) is 65.8 cm³/mol. The summed E-state index contributed by atoms with van der Waals surface area (Å²) in [5.41, 5.74) is 10.6. The summed E-state index contributed by atoms with van der Waals surface area (Å²) in [4.78, 5) is 13.7. The Bertz CT molecular complexity index is 255. The molecule has 0 spiro atoms. The van der Waals surface area contributed by atoms with E-state index in [4.69, 9.17) is 11.5 Å². The zero-order chi connectivity index (χ0) is 12.3. The number of carbonyl (C=O) groups is 1. The Labute approximate surface area is 98.3 Å². The number of carbonyl (C=O) groups excluding carboxylic acids is 1. The number of nitrogens with zero attached hydrogens (tertiary/aromatic N) is 1. The van der Waals surface area contributed by atoms with E-state index in [0.717, 1.165) is 25.9 Å². The van der Waals surface area contributed by atoms with E-state index < -0.39 is 5.54 Å². The van der Waals surface area contributed by atoms with Crippen LogP contribution in [-0.4, -0.2) is 35.5 Å². The van der Waals surface area contributed by atoms with Crippen LogP contribution >= 0.6 is 0 Å². The minimum absolute atomic E-state index is 0.351. The van der Waals surface area contributed by atoms with Crippen LogP contribution in [0.2, 0.25) is 0 Å². The number of rotatable bonds is 5. The first-order chi connectivity index (χ1) is 7.39. The van der Waals surface area contributed by atoms with Gasteiger partial charge >= 0.3 is 0 Å².